The molecule has 1 saturated carbocycles. The van der Waals surface area contributed by atoms with Gasteiger partial charge in [-0.3, -0.25) is 0 Å². The number of fused-ring (bicyclic) bond motifs is 1. The fourth-order valence-electron chi connectivity index (χ4n) is 3.56. The van der Waals surface area contributed by atoms with Crippen molar-refractivity contribution in [2.24, 2.45) is 35.5 Å². The zero-order chi connectivity index (χ0) is 9.71. The highest BCUT2D eigenvalue weighted by Gasteiger charge is 2.50. The third-order valence-electron chi connectivity index (χ3n) is 4.32. The van der Waals surface area contributed by atoms with E-state index < -0.39 is 0 Å². The summed E-state index contributed by atoms with van der Waals surface area (Å²) >= 11 is 0. The normalized spacial score (nSPS) is 52.3. The molecule has 1 fully saturated rings. The van der Waals surface area contributed by atoms with Gasteiger partial charge in [0.2, 0.25) is 0 Å². The Bertz CT molecular complexity index is 302. The summed E-state index contributed by atoms with van der Waals surface area (Å²) in [5.74, 6) is 4.21. The summed E-state index contributed by atoms with van der Waals surface area (Å²) < 4.78 is 0. The molecule has 0 spiro atoms. The first-order valence-corrected chi connectivity index (χ1v) is 5.48. The van der Waals surface area contributed by atoms with Gasteiger partial charge in [-0.15, -0.1) is 13.2 Å². The van der Waals surface area contributed by atoms with Crippen LogP contribution in [0.4, 0.5) is 0 Å². The van der Waals surface area contributed by atoms with Gasteiger partial charge in [0.15, 0.2) is 0 Å². The lowest BCUT2D eigenvalue weighted by Crippen LogP contribution is -2.48. The van der Waals surface area contributed by atoms with E-state index in [9.17, 15) is 0 Å². The Morgan fingerprint density at radius 1 is 0.643 bits per heavy atom. The fraction of sp³-hybridized carbons (Fsp3) is 0.429. The summed E-state index contributed by atoms with van der Waals surface area (Å²) in [7, 11) is 0. The van der Waals surface area contributed by atoms with Gasteiger partial charge >= 0.3 is 0 Å². The van der Waals surface area contributed by atoms with Gasteiger partial charge in [-0.25, -0.2) is 0 Å². The number of hydrogen-bond acceptors (Lipinski definition) is 0. The standard InChI is InChI=1S/C14H16/c1-3-9-10(4-2)12-6-5-11(9)13-7-8-14(12)13/h3-14H,1-2H2/t9-,10+,11-,12+,13-,14+. The molecule has 0 heterocycles. The second kappa shape index (κ2) is 2.73. The lowest BCUT2D eigenvalue weighted by Gasteiger charge is -2.54. The summed E-state index contributed by atoms with van der Waals surface area (Å²) in [6, 6.07) is 0. The molecule has 14 heavy (non-hydrogen) atoms. The van der Waals surface area contributed by atoms with Gasteiger partial charge in [-0.1, -0.05) is 36.5 Å². The molecule has 0 aromatic rings. The van der Waals surface area contributed by atoms with E-state index in [4.69, 9.17) is 0 Å². The first-order valence-electron chi connectivity index (χ1n) is 5.48. The maximum absolute atomic E-state index is 3.98. The highest BCUT2D eigenvalue weighted by Crippen LogP contribution is 2.56. The molecular formula is C14H16. The lowest BCUT2D eigenvalue weighted by molar-refractivity contribution is 0.0871. The maximum Gasteiger partial charge on any atom is -0.00957 e. The zero-order valence-electron chi connectivity index (χ0n) is 8.34. The highest BCUT2D eigenvalue weighted by atomic mass is 14.5. The van der Waals surface area contributed by atoms with Crippen LogP contribution in [0.1, 0.15) is 0 Å². The van der Waals surface area contributed by atoms with Crippen molar-refractivity contribution in [1.29, 1.82) is 0 Å². The molecule has 0 nitrogen and oxygen atoms in total. The second-order valence-electron chi connectivity index (χ2n) is 4.71. The van der Waals surface area contributed by atoms with E-state index in [0.29, 0.717) is 23.7 Å². The first kappa shape index (κ1) is 8.28. The van der Waals surface area contributed by atoms with Crippen molar-refractivity contribution in [3.8, 4) is 0 Å². The average molecular weight is 184 g/mol. The van der Waals surface area contributed by atoms with Crippen LogP contribution in [0.15, 0.2) is 49.6 Å². The Morgan fingerprint density at radius 2 is 1.00 bits per heavy atom. The second-order valence-corrected chi connectivity index (χ2v) is 4.71. The van der Waals surface area contributed by atoms with E-state index in [1.54, 1.807) is 0 Å². The maximum atomic E-state index is 3.98. The minimum atomic E-state index is 0.619. The van der Waals surface area contributed by atoms with Crippen LogP contribution in [0.5, 0.6) is 0 Å². The summed E-state index contributed by atoms with van der Waals surface area (Å²) in [6.07, 6.45) is 13.8. The molecule has 0 radical (unpaired) electrons. The van der Waals surface area contributed by atoms with Crippen molar-refractivity contribution < 1.29 is 0 Å². The van der Waals surface area contributed by atoms with E-state index in [-0.39, 0.29) is 0 Å². The van der Waals surface area contributed by atoms with E-state index in [1.807, 2.05) is 0 Å². The quantitative estimate of drug-likeness (QED) is 0.578. The largest absolute Gasteiger partial charge is 0.103 e. The molecule has 0 amide bonds. The number of hydrogen-bond donors (Lipinski definition) is 0. The monoisotopic (exact) mass is 184 g/mol. The molecular weight excluding hydrogens is 168 g/mol. The highest BCUT2D eigenvalue weighted by molar-refractivity contribution is 5.30. The van der Waals surface area contributed by atoms with Gasteiger partial charge in [-0.2, -0.15) is 0 Å². The van der Waals surface area contributed by atoms with Crippen LogP contribution in [-0.2, 0) is 0 Å². The molecule has 4 aliphatic rings. The molecule has 0 unspecified atom stereocenters. The van der Waals surface area contributed by atoms with Crippen LogP contribution < -0.4 is 0 Å². The van der Waals surface area contributed by atoms with Crippen molar-refractivity contribution in [2.75, 3.05) is 0 Å². The SMILES string of the molecule is C=C[C@@H]1[C@H](C=C)[C@@H]2C=C[C@H]1[C@H]1C=C[C@H]12. The molecule has 0 heteroatoms. The fourth-order valence-corrected chi connectivity index (χ4v) is 3.56. The number of allylic oxidation sites excluding steroid dienone is 6. The lowest BCUT2D eigenvalue weighted by atomic mass is 9.50. The minimum absolute atomic E-state index is 0.619. The van der Waals surface area contributed by atoms with Gasteiger partial charge in [0.25, 0.3) is 0 Å². The summed E-state index contributed by atoms with van der Waals surface area (Å²) in [5, 5.41) is 0. The van der Waals surface area contributed by atoms with Crippen LogP contribution in [0.2, 0.25) is 0 Å². The van der Waals surface area contributed by atoms with Crippen molar-refractivity contribution in [3.05, 3.63) is 49.6 Å². The Kier molecular flexibility index (Phi) is 1.61. The Morgan fingerprint density at radius 3 is 1.29 bits per heavy atom. The van der Waals surface area contributed by atoms with Gasteiger partial charge in [0.1, 0.15) is 0 Å². The molecule has 4 rings (SSSR count). The van der Waals surface area contributed by atoms with Crippen LogP contribution in [0.25, 0.3) is 0 Å². The molecule has 2 bridgehead atoms. The Labute approximate surface area is 85.7 Å². The predicted molar refractivity (Wildman–Crippen MR) is 59.6 cm³/mol. The van der Waals surface area contributed by atoms with Gasteiger partial charge in [0, 0.05) is 0 Å². The molecule has 0 aromatic heterocycles. The summed E-state index contributed by atoms with van der Waals surface area (Å²) in [4.78, 5) is 0. The number of rotatable bonds is 2. The van der Waals surface area contributed by atoms with Crippen molar-refractivity contribution in [2.45, 2.75) is 0 Å². The minimum Gasteiger partial charge on any atom is -0.103 e. The Hall–Kier alpha value is -1.04. The van der Waals surface area contributed by atoms with Crippen LogP contribution >= 0.6 is 0 Å². The average Bonchev–Trinajstić information content (AvgIpc) is 2.16. The van der Waals surface area contributed by atoms with Crippen molar-refractivity contribution >= 4 is 0 Å². The van der Waals surface area contributed by atoms with E-state index in [0.717, 1.165) is 11.8 Å². The topological polar surface area (TPSA) is 0 Å². The van der Waals surface area contributed by atoms with Crippen LogP contribution in [0.3, 0.4) is 0 Å². The summed E-state index contributed by atoms with van der Waals surface area (Å²) in [6.45, 7) is 7.96. The molecule has 0 N–H and O–H groups in total. The third kappa shape index (κ3) is 0.796. The van der Waals surface area contributed by atoms with E-state index >= 15 is 0 Å². The van der Waals surface area contributed by atoms with Crippen molar-refractivity contribution in [3.63, 3.8) is 0 Å². The predicted octanol–water partition coefficient (Wildman–Crippen LogP) is 3.21. The first-order chi connectivity index (χ1) is 6.86. The van der Waals surface area contributed by atoms with Gasteiger partial charge < -0.3 is 0 Å². The molecule has 6 atom stereocenters. The molecule has 0 aromatic carbocycles. The molecule has 0 saturated heterocycles. The zero-order valence-corrected chi connectivity index (χ0v) is 8.34. The molecule has 4 aliphatic carbocycles. The smallest absolute Gasteiger partial charge is 0.00957 e. The molecule has 0 aliphatic heterocycles. The van der Waals surface area contributed by atoms with Crippen molar-refractivity contribution in [1.82, 2.24) is 0 Å². The van der Waals surface area contributed by atoms with E-state index in [2.05, 4.69) is 49.6 Å². The third-order valence-corrected chi connectivity index (χ3v) is 4.32. The van der Waals surface area contributed by atoms with E-state index in [1.165, 1.54) is 0 Å². The van der Waals surface area contributed by atoms with Crippen LogP contribution in [0, 0.1) is 35.5 Å². The molecule has 72 valence electrons. The van der Waals surface area contributed by atoms with Gasteiger partial charge in [0.05, 0.1) is 0 Å². The van der Waals surface area contributed by atoms with Gasteiger partial charge in [-0.05, 0) is 35.5 Å². The Balaban J connectivity index is 2.04. The summed E-state index contributed by atoms with van der Waals surface area (Å²) in [5.41, 5.74) is 0. The van der Waals surface area contributed by atoms with Crippen LogP contribution in [-0.4, -0.2) is 0 Å².